The maximum Gasteiger partial charge on any atom is 0.264 e. The van der Waals surface area contributed by atoms with E-state index in [9.17, 15) is 33.6 Å². The van der Waals surface area contributed by atoms with E-state index in [4.69, 9.17) is 9.97 Å². The van der Waals surface area contributed by atoms with Crippen LogP contribution in [0.1, 0.15) is 154 Å². The van der Waals surface area contributed by atoms with Gasteiger partial charge in [0.05, 0.1) is 45.5 Å². The van der Waals surface area contributed by atoms with Gasteiger partial charge in [0.2, 0.25) is 17.7 Å². The highest BCUT2D eigenvalue weighted by molar-refractivity contribution is 6.25. The quantitative estimate of drug-likeness (QED) is 0.0993. The van der Waals surface area contributed by atoms with Gasteiger partial charge >= 0.3 is 0 Å². The van der Waals surface area contributed by atoms with Crippen molar-refractivity contribution in [2.24, 2.45) is 0 Å². The summed E-state index contributed by atoms with van der Waals surface area (Å²) in [5.41, 5.74) is 6.26. The van der Waals surface area contributed by atoms with Crippen LogP contribution in [0, 0.1) is 12.7 Å². The number of aryl methyl sites for hydroxylation is 1. The van der Waals surface area contributed by atoms with E-state index in [1.807, 2.05) is 54.2 Å². The van der Waals surface area contributed by atoms with Gasteiger partial charge in [0.25, 0.3) is 29.5 Å². The molecule has 3 N–H and O–H groups in total. The Balaban J connectivity index is 0.716. The van der Waals surface area contributed by atoms with E-state index < -0.39 is 40.9 Å². The van der Waals surface area contributed by atoms with Crippen LogP contribution in [0.4, 0.5) is 27.3 Å². The van der Waals surface area contributed by atoms with Gasteiger partial charge in [-0.25, -0.2) is 14.4 Å². The third kappa shape index (κ3) is 10.1. The molecule has 87 heavy (non-hydrogen) atoms. The summed E-state index contributed by atoms with van der Waals surface area (Å²) >= 11 is 0. The maximum absolute atomic E-state index is 16.0. The van der Waals surface area contributed by atoms with Gasteiger partial charge in [-0.2, -0.15) is 0 Å². The zero-order valence-corrected chi connectivity index (χ0v) is 49.7. The van der Waals surface area contributed by atoms with Gasteiger partial charge in [0.1, 0.15) is 17.4 Å². The minimum absolute atomic E-state index is 0.00853. The average molecular weight is 1180 g/mol. The Morgan fingerprint density at radius 3 is 2.09 bits per heavy atom. The molecule has 4 saturated heterocycles. The maximum atomic E-state index is 16.0. The summed E-state index contributed by atoms with van der Waals surface area (Å²) in [6, 6.07) is 21.8. The molecule has 8 amide bonds. The highest BCUT2D eigenvalue weighted by Gasteiger charge is 2.56. The molecule has 1 atom stereocenters. The first-order chi connectivity index (χ1) is 41.9. The van der Waals surface area contributed by atoms with Crippen molar-refractivity contribution in [3.63, 3.8) is 0 Å². The number of anilines is 4. The third-order valence-corrected chi connectivity index (χ3v) is 19.0. The van der Waals surface area contributed by atoms with Crippen molar-refractivity contribution >= 4 is 81.2 Å². The van der Waals surface area contributed by atoms with Crippen molar-refractivity contribution in [3.05, 3.63) is 130 Å². The second kappa shape index (κ2) is 22.5. The lowest BCUT2D eigenvalue weighted by Crippen LogP contribution is -2.58. The van der Waals surface area contributed by atoms with E-state index >= 15 is 9.18 Å². The lowest BCUT2D eigenvalue weighted by Gasteiger charge is -2.48. The van der Waals surface area contributed by atoms with Gasteiger partial charge in [-0.3, -0.25) is 48.6 Å². The molecule has 20 nitrogen and oxygen atoms in total. The van der Waals surface area contributed by atoms with Gasteiger partial charge in [-0.1, -0.05) is 24.6 Å². The summed E-state index contributed by atoms with van der Waals surface area (Å²) in [6.45, 7) is 13.7. The molecular weight excluding hydrogens is 1110 g/mol. The van der Waals surface area contributed by atoms with E-state index in [0.717, 1.165) is 47.6 Å². The molecule has 6 aliphatic heterocycles. The molecule has 450 valence electrons. The summed E-state index contributed by atoms with van der Waals surface area (Å²) in [5.74, 6) is -3.12. The van der Waals surface area contributed by atoms with Crippen molar-refractivity contribution < 1.29 is 42.7 Å². The van der Waals surface area contributed by atoms with Crippen molar-refractivity contribution in [2.75, 3.05) is 67.5 Å². The number of pyridine rings is 1. The van der Waals surface area contributed by atoms with E-state index in [2.05, 4.69) is 33.0 Å². The van der Waals surface area contributed by atoms with Crippen molar-refractivity contribution in [1.29, 1.82) is 0 Å². The fraction of sp³-hybridized carbons (Fsp3) is 0.424. The lowest BCUT2D eigenvalue weighted by atomic mass is 9.73. The van der Waals surface area contributed by atoms with Gasteiger partial charge in [-0.05, 0) is 164 Å². The number of halogens is 1. The van der Waals surface area contributed by atoms with Gasteiger partial charge < -0.3 is 39.7 Å². The largest absolute Gasteiger partial charge is 0.367 e. The Morgan fingerprint density at radius 1 is 0.736 bits per heavy atom. The molecule has 13 rings (SSSR count). The number of rotatable bonds is 12. The molecular formula is C66H71FN12O8. The summed E-state index contributed by atoms with van der Waals surface area (Å²) in [5, 5.41) is 8.42. The minimum atomic E-state index is -1.08. The van der Waals surface area contributed by atoms with Crippen LogP contribution in [0.25, 0.3) is 22.3 Å². The minimum Gasteiger partial charge on any atom is -0.367 e. The van der Waals surface area contributed by atoms with Crippen LogP contribution < -0.4 is 25.8 Å². The molecule has 1 aliphatic carbocycles. The number of nitrogens with one attached hydrogen (secondary N) is 3. The number of hydrogen-bond acceptors (Lipinski definition) is 13. The van der Waals surface area contributed by atoms with Crippen molar-refractivity contribution in [2.45, 2.75) is 128 Å². The number of imide groups is 2. The third-order valence-electron chi connectivity index (χ3n) is 19.0. The number of piperidine rings is 3. The Morgan fingerprint density at radius 2 is 1.43 bits per heavy atom. The smallest absolute Gasteiger partial charge is 0.264 e. The van der Waals surface area contributed by atoms with Crippen LogP contribution in [0.15, 0.2) is 85.2 Å². The van der Waals surface area contributed by atoms with Crippen LogP contribution in [0.3, 0.4) is 0 Å². The van der Waals surface area contributed by atoms with E-state index in [1.165, 1.54) is 31.4 Å². The molecule has 1 spiro atoms. The SMILES string of the molecule is Cc1cc(F)c(Nc2nc(-c3ccc4c(c3)N([C@H]3C[C@@H](N5CCCCC5)C3)C(=O)C43CCN(C(=O)c4ccc(C(=O)N5CCN(c6cccc7c6C(=O)N(C6CCC(=O)NC6=O)C7=O)CC5)cc4)CC3)cc3ncn(C(C)C)c23)cc1C(=O)NC(C)C. The van der Waals surface area contributed by atoms with Gasteiger partial charge in [0, 0.05) is 97.8 Å². The number of amides is 8. The molecule has 6 aromatic rings. The van der Waals surface area contributed by atoms with Crippen molar-refractivity contribution in [3.8, 4) is 11.3 Å². The number of fused-ring (bicyclic) bond motifs is 4. The molecule has 1 saturated carbocycles. The molecule has 0 bridgehead atoms. The van der Waals surface area contributed by atoms with Crippen LogP contribution in [-0.2, 0) is 19.8 Å². The number of likely N-dealkylation sites (tertiary alicyclic amines) is 2. The molecule has 5 fully saturated rings. The van der Waals surface area contributed by atoms with Crippen LogP contribution in [-0.4, -0.2) is 158 Å². The summed E-state index contributed by atoms with van der Waals surface area (Å²) in [4.78, 5) is 130. The van der Waals surface area contributed by atoms with E-state index in [-0.39, 0.29) is 71.4 Å². The first-order valence-corrected chi connectivity index (χ1v) is 30.6. The number of piperazine rings is 1. The molecule has 0 radical (unpaired) electrons. The Hall–Kier alpha value is -8.85. The first-order valence-electron chi connectivity index (χ1n) is 30.6. The topological polar surface area (TPSA) is 223 Å². The van der Waals surface area contributed by atoms with Crippen molar-refractivity contribution in [1.82, 2.24) is 44.8 Å². The summed E-state index contributed by atoms with van der Waals surface area (Å²) in [7, 11) is 0. The Kier molecular flexibility index (Phi) is 14.8. The van der Waals surface area contributed by atoms with E-state index in [0.29, 0.717) is 109 Å². The molecule has 2 aromatic heterocycles. The summed E-state index contributed by atoms with van der Waals surface area (Å²) < 4.78 is 17.9. The van der Waals surface area contributed by atoms with Crippen LogP contribution in [0.5, 0.6) is 0 Å². The Labute approximate surface area is 503 Å². The first kappa shape index (κ1) is 57.2. The molecule has 8 heterocycles. The molecule has 4 aromatic carbocycles. The highest BCUT2D eigenvalue weighted by atomic mass is 19.1. The van der Waals surface area contributed by atoms with E-state index in [1.54, 1.807) is 65.5 Å². The normalized spacial score (nSPS) is 21.3. The van der Waals surface area contributed by atoms with Crippen LogP contribution in [0.2, 0.25) is 0 Å². The molecule has 21 heteroatoms. The number of aromatic nitrogens is 3. The summed E-state index contributed by atoms with van der Waals surface area (Å²) in [6.07, 6.45) is 7.99. The lowest BCUT2D eigenvalue weighted by molar-refractivity contribution is -0.136. The fourth-order valence-corrected chi connectivity index (χ4v) is 14.2. The van der Waals surface area contributed by atoms with Gasteiger partial charge in [-0.15, -0.1) is 0 Å². The number of benzene rings is 4. The number of nitrogens with zero attached hydrogens (tertiary/aromatic N) is 9. The Bertz CT molecular complexity index is 3850. The highest BCUT2D eigenvalue weighted by Crippen LogP contribution is 2.52. The molecule has 7 aliphatic rings. The monoisotopic (exact) mass is 1180 g/mol. The predicted molar refractivity (Wildman–Crippen MR) is 325 cm³/mol. The fourth-order valence-electron chi connectivity index (χ4n) is 14.2. The van der Waals surface area contributed by atoms with Gasteiger partial charge in [0.15, 0.2) is 5.82 Å². The number of carbonyl (C=O) groups is 8. The van der Waals surface area contributed by atoms with Crippen LogP contribution >= 0.6 is 0 Å². The number of imidazole rings is 1. The second-order valence-electron chi connectivity index (χ2n) is 25.0. The zero-order valence-electron chi connectivity index (χ0n) is 49.7. The second-order valence-corrected chi connectivity index (χ2v) is 25.0. The molecule has 1 unspecified atom stereocenters. The predicted octanol–water partition coefficient (Wildman–Crippen LogP) is 7.91. The average Bonchev–Trinajstić information content (AvgIpc) is 1.58. The number of carbonyl (C=O) groups excluding carboxylic acids is 8. The standard InChI is InChI=1S/C66H71FN12O8/c1-37(2)69-59(81)46-34-50(48(67)30-39(46)5)71-58-57-51(68-36-77(57)38(3)4)35-49(70-58)42-16-17-47-54(31-42)78(44-32-43(33-44)73-22-7-6-8-23-73)65(87)66(47)20-24-75(25-21-66)61(83)40-12-14-41(15-13-40)62(84)76-28-26-74(27-29-76)52-11-9-10-45-56(52)64(86)79(63(45)85)53-18-19-55(80)72-60(53)82/h9-17,30-31,34-38,43-44,53H,6-8,18-29,32-33H2,1-5H3,(H,69,81)(H,70,71)(H,72,80,82)/t43-,44+,53?. The zero-order chi connectivity index (χ0) is 60.7. The number of hydrogen-bond donors (Lipinski definition) is 3.